The van der Waals surface area contributed by atoms with E-state index in [0.717, 1.165) is 5.69 Å². The number of rotatable bonds is 3. The van der Waals surface area contributed by atoms with Crippen LogP contribution in [-0.4, -0.2) is 22.0 Å². The van der Waals surface area contributed by atoms with Crippen molar-refractivity contribution >= 4 is 28.4 Å². The van der Waals surface area contributed by atoms with Crippen LogP contribution in [0, 0.1) is 0 Å². The summed E-state index contributed by atoms with van der Waals surface area (Å²) in [6, 6.07) is 14.5. The molecule has 0 aliphatic rings. The second-order valence-electron chi connectivity index (χ2n) is 4.86. The smallest absolute Gasteiger partial charge is 0.225 e. The molecule has 21 heavy (non-hydrogen) atoms. The van der Waals surface area contributed by atoms with E-state index in [4.69, 9.17) is 11.5 Å². The fourth-order valence-electron chi connectivity index (χ4n) is 2.25. The molecule has 0 fully saturated rings. The summed E-state index contributed by atoms with van der Waals surface area (Å²) in [6.45, 7) is 0.509. The van der Waals surface area contributed by atoms with Crippen molar-refractivity contribution in [2.75, 3.05) is 23.4 Å². The Morgan fingerprint density at radius 3 is 2.29 bits per heavy atom. The van der Waals surface area contributed by atoms with Gasteiger partial charge in [0.1, 0.15) is 0 Å². The highest BCUT2D eigenvalue weighted by Crippen LogP contribution is 2.22. The zero-order valence-corrected chi connectivity index (χ0v) is 11.7. The predicted molar refractivity (Wildman–Crippen MR) is 84.7 cm³/mol. The van der Waals surface area contributed by atoms with Crippen LogP contribution in [0.25, 0.3) is 10.8 Å². The van der Waals surface area contributed by atoms with Gasteiger partial charge in [0, 0.05) is 12.7 Å². The lowest BCUT2D eigenvalue weighted by Gasteiger charge is -2.19. The SMILES string of the molecule is CN(Cc1nc(N)nc(N)n1)c1ccc2ccccc2c1. The van der Waals surface area contributed by atoms with Crippen LogP contribution < -0.4 is 16.4 Å². The Morgan fingerprint density at radius 2 is 1.57 bits per heavy atom. The third-order valence-electron chi connectivity index (χ3n) is 3.27. The monoisotopic (exact) mass is 280 g/mol. The van der Waals surface area contributed by atoms with E-state index in [-0.39, 0.29) is 11.9 Å². The maximum atomic E-state index is 5.59. The van der Waals surface area contributed by atoms with Gasteiger partial charge in [-0.15, -0.1) is 0 Å². The van der Waals surface area contributed by atoms with E-state index in [0.29, 0.717) is 12.4 Å². The third-order valence-corrected chi connectivity index (χ3v) is 3.27. The molecule has 6 heteroatoms. The van der Waals surface area contributed by atoms with Crippen molar-refractivity contribution in [2.45, 2.75) is 6.54 Å². The van der Waals surface area contributed by atoms with Crippen LogP contribution in [0.4, 0.5) is 17.6 Å². The summed E-state index contributed by atoms with van der Waals surface area (Å²) in [5, 5.41) is 2.40. The summed E-state index contributed by atoms with van der Waals surface area (Å²) < 4.78 is 0. The molecule has 106 valence electrons. The van der Waals surface area contributed by atoms with E-state index in [1.165, 1.54) is 10.8 Å². The molecule has 0 bridgehead atoms. The number of nitrogens with zero attached hydrogens (tertiary/aromatic N) is 4. The predicted octanol–water partition coefficient (Wildman–Crippen LogP) is 1.83. The van der Waals surface area contributed by atoms with Gasteiger partial charge in [0.05, 0.1) is 6.54 Å². The summed E-state index contributed by atoms with van der Waals surface area (Å²) in [7, 11) is 1.97. The van der Waals surface area contributed by atoms with E-state index in [1.54, 1.807) is 0 Å². The number of hydrogen-bond acceptors (Lipinski definition) is 6. The lowest BCUT2D eigenvalue weighted by molar-refractivity contribution is 0.830. The van der Waals surface area contributed by atoms with Gasteiger partial charge in [0.25, 0.3) is 0 Å². The quantitative estimate of drug-likeness (QED) is 0.760. The lowest BCUT2D eigenvalue weighted by atomic mass is 10.1. The normalized spacial score (nSPS) is 10.7. The number of nitrogen functional groups attached to an aromatic ring is 2. The highest BCUT2D eigenvalue weighted by atomic mass is 15.2. The van der Waals surface area contributed by atoms with Gasteiger partial charge in [-0.3, -0.25) is 0 Å². The highest BCUT2D eigenvalue weighted by molar-refractivity contribution is 5.85. The fraction of sp³-hybridized carbons (Fsp3) is 0.133. The van der Waals surface area contributed by atoms with Gasteiger partial charge in [-0.2, -0.15) is 15.0 Å². The molecular weight excluding hydrogens is 264 g/mol. The summed E-state index contributed by atoms with van der Waals surface area (Å²) in [6.07, 6.45) is 0. The molecule has 2 aromatic carbocycles. The number of nitrogens with two attached hydrogens (primary N) is 2. The third kappa shape index (κ3) is 2.84. The standard InChI is InChI=1S/C15H16N6/c1-21(9-13-18-14(16)20-15(17)19-13)12-7-6-10-4-2-3-5-11(10)8-12/h2-8H,9H2,1H3,(H4,16,17,18,19,20). The van der Waals surface area contributed by atoms with Gasteiger partial charge in [-0.1, -0.05) is 30.3 Å². The van der Waals surface area contributed by atoms with Gasteiger partial charge in [-0.25, -0.2) is 0 Å². The maximum absolute atomic E-state index is 5.59. The molecule has 0 aliphatic heterocycles. The Balaban J connectivity index is 1.87. The molecule has 0 saturated carbocycles. The molecule has 3 aromatic rings. The number of fused-ring (bicyclic) bond motifs is 1. The van der Waals surface area contributed by atoms with E-state index < -0.39 is 0 Å². The highest BCUT2D eigenvalue weighted by Gasteiger charge is 2.07. The molecule has 0 atom stereocenters. The average molecular weight is 280 g/mol. The molecule has 0 radical (unpaired) electrons. The first-order valence-electron chi connectivity index (χ1n) is 6.57. The molecule has 0 spiro atoms. The van der Waals surface area contributed by atoms with Crippen molar-refractivity contribution in [3.05, 3.63) is 48.3 Å². The molecule has 0 amide bonds. The maximum Gasteiger partial charge on any atom is 0.225 e. The first-order valence-corrected chi connectivity index (χ1v) is 6.57. The van der Waals surface area contributed by atoms with Crippen molar-refractivity contribution in [1.29, 1.82) is 0 Å². The van der Waals surface area contributed by atoms with Gasteiger partial charge in [-0.05, 0) is 22.9 Å². The van der Waals surface area contributed by atoms with Crippen molar-refractivity contribution in [1.82, 2.24) is 15.0 Å². The van der Waals surface area contributed by atoms with Crippen molar-refractivity contribution in [3.63, 3.8) is 0 Å². The Morgan fingerprint density at radius 1 is 0.905 bits per heavy atom. The topological polar surface area (TPSA) is 94.0 Å². The Bertz CT molecular complexity index is 766. The van der Waals surface area contributed by atoms with E-state index >= 15 is 0 Å². The molecule has 1 heterocycles. The number of hydrogen-bond donors (Lipinski definition) is 2. The molecule has 1 aromatic heterocycles. The second kappa shape index (κ2) is 5.24. The second-order valence-corrected chi connectivity index (χ2v) is 4.86. The van der Waals surface area contributed by atoms with Crippen molar-refractivity contribution in [2.24, 2.45) is 0 Å². The molecule has 0 unspecified atom stereocenters. The van der Waals surface area contributed by atoms with E-state index in [1.807, 2.05) is 24.1 Å². The van der Waals surface area contributed by atoms with Gasteiger partial charge in [0.15, 0.2) is 5.82 Å². The minimum atomic E-state index is 0.143. The van der Waals surface area contributed by atoms with Crippen LogP contribution in [-0.2, 0) is 6.54 Å². The molecular formula is C15H16N6. The van der Waals surface area contributed by atoms with Gasteiger partial charge < -0.3 is 16.4 Å². The van der Waals surface area contributed by atoms with Crippen LogP contribution >= 0.6 is 0 Å². The minimum Gasteiger partial charge on any atom is -0.368 e. The molecule has 4 N–H and O–H groups in total. The summed E-state index contributed by atoms with van der Waals surface area (Å²) in [5.41, 5.74) is 12.3. The summed E-state index contributed by atoms with van der Waals surface area (Å²) in [5.74, 6) is 0.837. The Hall–Kier alpha value is -2.89. The van der Waals surface area contributed by atoms with Crippen LogP contribution in [0.1, 0.15) is 5.82 Å². The van der Waals surface area contributed by atoms with Gasteiger partial charge in [0.2, 0.25) is 11.9 Å². The zero-order chi connectivity index (χ0) is 14.8. The molecule has 0 saturated heterocycles. The van der Waals surface area contributed by atoms with Crippen LogP contribution in [0.3, 0.4) is 0 Å². The van der Waals surface area contributed by atoms with Crippen LogP contribution in [0.15, 0.2) is 42.5 Å². The number of benzene rings is 2. The van der Waals surface area contributed by atoms with E-state index in [2.05, 4.69) is 45.3 Å². The fourth-order valence-corrected chi connectivity index (χ4v) is 2.25. The van der Waals surface area contributed by atoms with Crippen molar-refractivity contribution in [3.8, 4) is 0 Å². The van der Waals surface area contributed by atoms with Crippen LogP contribution in [0.5, 0.6) is 0 Å². The number of aromatic nitrogens is 3. The average Bonchev–Trinajstić information content (AvgIpc) is 2.45. The minimum absolute atomic E-state index is 0.143. The summed E-state index contributed by atoms with van der Waals surface area (Å²) >= 11 is 0. The lowest BCUT2D eigenvalue weighted by Crippen LogP contribution is -2.19. The molecule has 0 aliphatic carbocycles. The Kier molecular flexibility index (Phi) is 3.27. The summed E-state index contributed by atoms with van der Waals surface area (Å²) in [4.78, 5) is 14.0. The zero-order valence-electron chi connectivity index (χ0n) is 11.7. The van der Waals surface area contributed by atoms with Crippen molar-refractivity contribution < 1.29 is 0 Å². The Labute approximate surface area is 122 Å². The van der Waals surface area contributed by atoms with E-state index in [9.17, 15) is 0 Å². The largest absolute Gasteiger partial charge is 0.368 e. The van der Waals surface area contributed by atoms with Crippen LogP contribution in [0.2, 0.25) is 0 Å². The first kappa shape index (κ1) is 13.1. The van der Waals surface area contributed by atoms with Gasteiger partial charge >= 0.3 is 0 Å². The molecule has 6 nitrogen and oxygen atoms in total. The first-order chi connectivity index (χ1) is 10.1. The molecule has 3 rings (SSSR count). The number of anilines is 3.